The summed E-state index contributed by atoms with van der Waals surface area (Å²) in [5.41, 5.74) is -1.07. The first kappa shape index (κ1) is 17.4. The lowest BCUT2D eigenvalue weighted by molar-refractivity contribution is -0.180. The Morgan fingerprint density at radius 1 is 1.27 bits per heavy atom. The molecule has 1 amide bonds. The lowest BCUT2D eigenvalue weighted by Crippen LogP contribution is -2.50. The van der Waals surface area contributed by atoms with Crippen LogP contribution in [0.3, 0.4) is 0 Å². The molecule has 0 aromatic carbocycles. The van der Waals surface area contributed by atoms with E-state index < -0.39 is 17.8 Å². The summed E-state index contributed by atoms with van der Waals surface area (Å²) in [6, 6.07) is 0. The molecule has 2 atom stereocenters. The van der Waals surface area contributed by atoms with Crippen molar-refractivity contribution in [1.82, 2.24) is 20.4 Å². The first-order valence-corrected chi connectivity index (χ1v) is 8.96. The molecule has 142 valence electrons. The lowest BCUT2D eigenvalue weighted by Gasteiger charge is -2.35. The number of nitrogens with zero attached hydrogens (tertiary/aromatic N) is 4. The molecule has 0 radical (unpaired) electrons. The minimum atomic E-state index is -4.50. The minimum absolute atomic E-state index is 0.00667. The highest BCUT2D eigenvalue weighted by Crippen LogP contribution is 2.52. The molecular formula is C16H21F3N6O. The van der Waals surface area contributed by atoms with Crippen LogP contribution >= 0.6 is 0 Å². The Bertz CT molecular complexity index is 703. The Hall–Kier alpha value is -1.97. The van der Waals surface area contributed by atoms with Gasteiger partial charge in [0.2, 0.25) is 0 Å². The van der Waals surface area contributed by atoms with Gasteiger partial charge >= 0.3 is 6.18 Å². The fourth-order valence-corrected chi connectivity index (χ4v) is 4.10. The van der Waals surface area contributed by atoms with E-state index in [9.17, 15) is 18.0 Å². The highest BCUT2D eigenvalue weighted by molar-refractivity contribution is 5.94. The fraction of sp³-hybridized carbons (Fsp3) is 0.750. The molecule has 26 heavy (non-hydrogen) atoms. The Morgan fingerprint density at radius 2 is 2.08 bits per heavy atom. The average Bonchev–Trinajstić information content (AvgIpc) is 3.33. The predicted octanol–water partition coefficient (Wildman–Crippen LogP) is 2.45. The number of aromatic amines is 1. The summed E-state index contributed by atoms with van der Waals surface area (Å²) in [6.07, 6.45) is 0.00882. The van der Waals surface area contributed by atoms with Gasteiger partial charge in [0.1, 0.15) is 5.69 Å². The molecule has 2 unspecified atom stereocenters. The molecule has 3 aliphatic rings. The van der Waals surface area contributed by atoms with Gasteiger partial charge in [0, 0.05) is 37.0 Å². The van der Waals surface area contributed by atoms with Gasteiger partial charge in [-0.15, -0.1) is 10.2 Å². The van der Waals surface area contributed by atoms with Gasteiger partial charge in [-0.05, 0) is 32.2 Å². The number of piperidine rings is 2. The average molecular weight is 370 g/mol. The maximum Gasteiger partial charge on any atom is 0.438 e. The zero-order valence-corrected chi connectivity index (χ0v) is 14.2. The SMILES string of the molecule is O=C(c1[nH]ncc1C1CCCNC1)N1CCCC(C2(C(F)(F)F)N=N2)C1. The number of carbonyl (C=O) groups excluding carboxylic acids is 1. The summed E-state index contributed by atoms with van der Waals surface area (Å²) >= 11 is 0. The van der Waals surface area contributed by atoms with Crippen LogP contribution in [-0.2, 0) is 0 Å². The van der Waals surface area contributed by atoms with Crippen molar-refractivity contribution < 1.29 is 18.0 Å². The lowest BCUT2D eigenvalue weighted by atomic mass is 9.86. The van der Waals surface area contributed by atoms with Gasteiger partial charge in [-0.1, -0.05) is 0 Å². The third-order valence-electron chi connectivity index (χ3n) is 5.63. The molecule has 2 N–H and O–H groups in total. The Kier molecular flexibility index (Phi) is 4.25. The number of halogens is 3. The number of amides is 1. The normalized spacial score (nSPS) is 28.2. The first-order chi connectivity index (χ1) is 12.4. The summed E-state index contributed by atoms with van der Waals surface area (Å²) in [7, 11) is 0. The number of carbonyl (C=O) groups is 1. The second-order valence-electron chi connectivity index (χ2n) is 7.26. The van der Waals surface area contributed by atoms with Crippen molar-refractivity contribution in [3.63, 3.8) is 0 Å². The molecule has 0 saturated carbocycles. The van der Waals surface area contributed by atoms with Crippen LogP contribution in [0.2, 0.25) is 0 Å². The van der Waals surface area contributed by atoms with Crippen LogP contribution in [0.25, 0.3) is 0 Å². The molecule has 7 nitrogen and oxygen atoms in total. The number of alkyl halides is 3. The maximum atomic E-state index is 13.3. The van der Waals surface area contributed by atoms with Crippen LogP contribution in [0.15, 0.2) is 16.4 Å². The van der Waals surface area contributed by atoms with Crippen LogP contribution in [0.1, 0.15) is 47.7 Å². The highest BCUT2D eigenvalue weighted by atomic mass is 19.4. The van der Waals surface area contributed by atoms with E-state index in [0.717, 1.165) is 31.5 Å². The molecule has 0 aliphatic carbocycles. The van der Waals surface area contributed by atoms with Crippen molar-refractivity contribution in [2.45, 2.75) is 43.4 Å². The number of hydrogen-bond acceptors (Lipinski definition) is 5. The predicted molar refractivity (Wildman–Crippen MR) is 85.7 cm³/mol. The van der Waals surface area contributed by atoms with Crippen molar-refractivity contribution in [1.29, 1.82) is 0 Å². The molecule has 3 aliphatic heterocycles. The second-order valence-corrected chi connectivity index (χ2v) is 7.26. The number of nitrogens with one attached hydrogen (secondary N) is 2. The highest BCUT2D eigenvalue weighted by Gasteiger charge is 2.68. The fourth-order valence-electron chi connectivity index (χ4n) is 4.10. The van der Waals surface area contributed by atoms with Gasteiger partial charge in [0.05, 0.1) is 6.20 Å². The summed E-state index contributed by atoms with van der Waals surface area (Å²) in [4.78, 5) is 14.4. The Morgan fingerprint density at radius 3 is 2.73 bits per heavy atom. The van der Waals surface area contributed by atoms with Crippen molar-refractivity contribution in [3.05, 3.63) is 17.5 Å². The number of H-pyrrole nitrogens is 1. The van der Waals surface area contributed by atoms with Gasteiger partial charge in [0.15, 0.2) is 0 Å². The molecule has 1 aromatic heterocycles. The van der Waals surface area contributed by atoms with Gasteiger partial charge < -0.3 is 10.2 Å². The topological polar surface area (TPSA) is 85.7 Å². The van der Waals surface area contributed by atoms with Crippen molar-refractivity contribution >= 4 is 5.91 Å². The molecule has 10 heteroatoms. The summed E-state index contributed by atoms with van der Waals surface area (Å²) in [5, 5.41) is 16.7. The molecule has 0 bridgehead atoms. The van der Waals surface area contributed by atoms with Crippen LogP contribution in [0.4, 0.5) is 13.2 Å². The Labute approximate surface area is 148 Å². The summed E-state index contributed by atoms with van der Waals surface area (Å²) in [5.74, 6) is -0.911. The van der Waals surface area contributed by atoms with E-state index in [1.165, 1.54) is 4.90 Å². The zero-order valence-electron chi connectivity index (χ0n) is 14.2. The molecule has 1 aromatic rings. The molecule has 2 fully saturated rings. The minimum Gasteiger partial charge on any atom is -0.337 e. The van der Waals surface area contributed by atoms with Crippen LogP contribution in [0.5, 0.6) is 0 Å². The van der Waals surface area contributed by atoms with E-state index in [1.54, 1.807) is 6.20 Å². The van der Waals surface area contributed by atoms with Gasteiger partial charge in [-0.3, -0.25) is 9.89 Å². The standard InChI is InChI=1S/C16H21F3N6O/c17-16(18,19)15(23-24-15)11-4-2-6-25(9-11)14(26)13-12(8-21-22-13)10-3-1-5-20-7-10/h8,10-11,20H,1-7,9H2,(H,21,22). The second kappa shape index (κ2) is 6.33. The van der Waals surface area contributed by atoms with E-state index in [4.69, 9.17) is 0 Å². The van der Waals surface area contributed by atoms with Crippen LogP contribution in [-0.4, -0.2) is 59.0 Å². The quantitative estimate of drug-likeness (QED) is 0.857. The summed E-state index contributed by atoms with van der Waals surface area (Å²) in [6.45, 7) is 2.17. The molecule has 0 spiro atoms. The number of likely N-dealkylation sites (tertiary alicyclic amines) is 1. The van der Waals surface area contributed by atoms with Crippen molar-refractivity contribution in [2.24, 2.45) is 16.1 Å². The monoisotopic (exact) mass is 370 g/mol. The maximum absolute atomic E-state index is 13.3. The third kappa shape index (κ3) is 2.89. The summed E-state index contributed by atoms with van der Waals surface area (Å²) < 4.78 is 39.8. The van der Waals surface area contributed by atoms with E-state index in [0.29, 0.717) is 25.1 Å². The molecular weight excluding hydrogens is 349 g/mol. The molecule has 4 heterocycles. The van der Waals surface area contributed by atoms with E-state index in [2.05, 4.69) is 25.7 Å². The number of rotatable bonds is 3. The largest absolute Gasteiger partial charge is 0.438 e. The Balaban J connectivity index is 1.50. The van der Waals surface area contributed by atoms with Crippen LogP contribution < -0.4 is 5.32 Å². The molecule has 4 rings (SSSR count). The number of aromatic nitrogens is 2. The third-order valence-corrected chi connectivity index (χ3v) is 5.63. The van der Waals surface area contributed by atoms with Crippen LogP contribution in [0, 0.1) is 5.92 Å². The van der Waals surface area contributed by atoms with E-state index >= 15 is 0 Å². The van der Waals surface area contributed by atoms with Gasteiger partial charge in [-0.25, -0.2) is 0 Å². The smallest absolute Gasteiger partial charge is 0.337 e. The van der Waals surface area contributed by atoms with Crippen molar-refractivity contribution in [3.8, 4) is 0 Å². The van der Waals surface area contributed by atoms with Crippen molar-refractivity contribution in [2.75, 3.05) is 26.2 Å². The van der Waals surface area contributed by atoms with E-state index in [-0.39, 0.29) is 18.4 Å². The molecule has 2 saturated heterocycles. The first-order valence-electron chi connectivity index (χ1n) is 8.96. The zero-order chi connectivity index (χ0) is 18.4. The van der Waals surface area contributed by atoms with E-state index in [1.807, 2.05) is 0 Å². The van der Waals surface area contributed by atoms with Gasteiger partial charge in [0.25, 0.3) is 11.6 Å². The number of hydrogen-bond donors (Lipinski definition) is 2. The van der Waals surface area contributed by atoms with Gasteiger partial charge in [-0.2, -0.15) is 18.3 Å².